The summed E-state index contributed by atoms with van der Waals surface area (Å²) in [4.78, 5) is 14.7. The monoisotopic (exact) mass is 425 g/mol. The number of fused-ring (bicyclic) bond motifs is 1. The number of phenols is 1. The van der Waals surface area contributed by atoms with Gasteiger partial charge in [-0.1, -0.05) is 48.0 Å². The largest absolute Gasteiger partial charge is 0.508 e. The van der Waals surface area contributed by atoms with Crippen molar-refractivity contribution in [2.24, 2.45) is 0 Å². The lowest BCUT2D eigenvalue weighted by atomic mass is 9.87. The van der Waals surface area contributed by atoms with Crippen LogP contribution >= 0.6 is 11.6 Å². The highest BCUT2D eigenvalue weighted by Crippen LogP contribution is 2.39. The van der Waals surface area contributed by atoms with Crippen molar-refractivity contribution in [1.29, 1.82) is 0 Å². The molecule has 1 heterocycles. The third kappa shape index (κ3) is 4.32. The van der Waals surface area contributed by atoms with Gasteiger partial charge in [0.25, 0.3) is 0 Å². The molecule has 30 heavy (non-hydrogen) atoms. The molecule has 6 heteroatoms. The summed E-state index contributed by atoms with van der Waals surface area (Å²) in [5.41, 5.74) is 3.25. The molecule has 0 saturated heterocycles. The minimum atomic E-state index is -0.572. The molecule has 4 rings (SSSR count). The number of rotatable bonds is 5. The first-order valence-electron chi connectivity index (χ1n) is 9.71. The second-order valence-corrected chi connectivity index (χ2v) is 7.70. The molecule has 154 valence electrons. The third-order valence-electron chi connectivity index (χ3n) is 5.30. The summed E-state index contributed by atoms with van der Waals surface area (Å²) in [5, 5.41) is 11.1. The van der Waals surface area contributed by atoms with Crippen LogP contribution in [0.2, 0.25) is 5.02 Å². The van der Waals surface area contributed by atoms with E-state index in [9.17, 15) is 14.3 Å². The Morgan fingerprint density at radius 3 is 2.67 bits per heavy atom. The maximum absolute atomic E-state index is 14.0. The van der Waals surface area contributed by atoms with Crippen molar-refractivity contribution in [3.05, 3.63) is 99.8 Å². The molecule has 3 aromatic rings. The van der Waals surface area contributed by atoms with E-state index in [1.165, 1.54) is 18.2 Å². The summed E-state index contributed by atoms with van der Waals surface area (Å²) in [6, 6.07) is 18.2. The standard InChI is InChI=1S/C24H21ClFNO3/c25-18-7-5-16(6-8-18)14-30-15-23(29)27-12-11-17-3-1-2-4-20(17)24(27)21-13-19(26)9-10-22(21)28/h1-10,13,24,28H,11-12,14-15H2. The van der Waals surface area contributed by atoms with Crippen LogP contribution in [0.3, 0.4) is 0 Å². The minimum absolute atomic E-state index is 0.0435. The number of ether oxygens (including phenoxy) is 1. The van der Waals surface area contributed by atoms with E-state index < -0.39 is 11.9 Å². The Morgan fingerprint density at radius 2 is 1.87 bits per heavy atom. The van der Waals surface area contributed by atoms with Crippen molar-refractivity contribution in [2.75, 3.05) is 13.2 Å². The molecule has 1 aliphatic heterocycles. The average molecular weight is 426 g/mol. The zero-order valence-electron chi connectivity index (χ0n) is 16.2. The number of hydrogen-bond donors (Lipinski definition) is 1. The number of carbonyl (C=O) groups is 1. The van der Waals surface area contributed by atoms with E-state index in [0.717, 1.165) is 16.7 Å². The molecule has 1 N–H and O–H groups in total. The van der Waals surface area contributed by atoms with Gasteiger partial charge in [0.05, 0.1) is 12.6 Å². The first-order valence-corrected chi connectivity index (χ1v) is 10.1. The van der Waals surface area contributed by atoms with E-state index >= 15 is 0 Å². The molecular formula is C24H21ClFNO3. The lowest BCUT2D eigenvalue weighted by Crippen LogP contribution is -2.42. The number of hydrogen-bond acceptors (Lipinski definition) is 3. The van der Waals surface area contributed by atoms with E-state index in [1.807, 2.05) is 36.4 Å². The topological polar surface area (TPSA) is 49.8 Å². The number of benzene rings is 3. The minimum Gasteiger partial charge on any atom is -0.508 e. The van der Waals surface area contributed by atoms with Crippen LogP contribution in [0, 0.1) is 5.82 Å². The first-order chi connectivity index (χ1) is 14.5. The fourth-order valence-electron chi connectivity index (χ4n) is 3.83. The van der Waals surface area contributed by atoms with Crippen molar-refractivity contribution in [2.45, 2.75) is 19.1 Å². The van der Waals surface area contributed by atoms with Crippen LogP contribution in [0.4, 0.5) is 4.39 Å². The smallest absolute Gasteiger partial charge is 0.249 e. The lowest BCUT2D eigenvalue weighted by molar-refractivity contribution is -0.138. The number of nitrogens with zero attached hydrogens (tertiary/aromatic N) is 1. The van der Waals surface area contributed by atoms with Crippen LogP contribution < -0.4 is 0 Å². The van der Waals surface area contributed by atoms with Gasteiger partial charge in [-0.15, -0.1) is 0 Å². The molecular weight excluding hydrogens is 405 g/mol. The first kappa shape index (κ1) is 20.4. The van der Waals surface area contributed by atoms with Crippen LogP contribution in [0.5, 0.6) is 5.75 Å². The van der Waals surface area contributed by atoms with Crippen LogP contribution in [-0.4, -0.2) is 29.1 Å². The molecule has 1 amide bonds. The second-order valence-electron chi connectivity index (χ2n) is 7.26. The third-order valence-corrected chi connectivity index (χ3v) is 5.55. The van der Waals surface area contributed by atoms with Gasteiger partial charge in [-0.25, -0.2) is 4.39 Å². The van der Waals surface area contributed by atoms with Crippen molar-refractivity contribution < 1.29 is 19.0 Å². The van der Waals surface area contributed by atoms with Gasteiger partial charge in [-0.2, -0.15) is 0 Å². The molecule has 0 aliphatic carbocycles. The Morgan fingerprint density at radius 1 is 1.10 bits per heavy atom. The highest BCUT2D eigenvalue weighted by Gasteiger charge is 2.33. The maximum Gasteiger partial charge on any atom is 0.249 e. The Kier molecular flexibility index (Phi) is 6.02. The fourth-order valence-corrected chi connectivity index (χ4v) is 3.96. The molecule has 1 aliphatic rings. The van der Waals surface area contributed by atoms with E-state index in [4.69, 9.17) is 16.3 Å². The van der Waals surface area contributed by atoms with Crippen molar-refractivity contribution in [3.63, 3.8) is 0 Å². The highest BCUT2D eigenvalue weighted by molar-refractivity contribution is 6.30. The van der Waals surface area contributed by atoms with E-state index in [0.29, 0.717) is 23.6 Å². The van der Waals surface area contributed by atoms with Gasteiger partial charge in [0.15, 0.2) is 0 Å². The van der Waals surface area contributed by atoms with Gasteiger partial charge >= 0.3 is 0 Å². The van der Waals surface area contributed by atoms with Gasteiger partial charge in [0, 0.05) is 17.1 Å². The normalized spacial score (nSPS) is 15.7. The van der Waals surface area contributed by atoms with E-state index in [1.54, 1.807) is 17.0 Å². The quantitative estimate of drug-likeness (QED) is 0.634. The molecule has 1 unspecified atom stereocenters. The van der Waals surface area contributed by atoms with Crippen LogP contribution in [0.25, 0.3) is 0 Å². The predicted molar refractivity (Wildman–Crippen MR) is 113 cm³/mol. The molecule has 0 aromatic heterocycles. The molecule has 0 radical (unpaired) electrons. The molecule has 3 aromatic carbocycles. The molecule has 0 saturated carbocycles. The SMILES string of the molecule is O=C(COCc1ccc(Cl)cc1)N1CCc2ccccc2C1c1cc(F)ccc1O. The highest BCUT2D eigenvalue weighted by atomic mass is 35.5. The summed E-state index contributed by atoms with van der Waals surface area (Å²) >= 11 is 5.89. The summed E-state index contributed by atoms with van der Waals surface area (Å²) in [6.45, 7) is 0.626. The second kappa shape index (κ2) is 8.86. The van der Waals surface area contributed by atoms with Gasteiger partial charge in [-0.3, -0.25) is 4.79 Å². The van der Waals surface area contributed by atoms with Crippen molar-refractivity contribution >= 4 is 17.5 Å². The van der Waals surface area contributed by atoms with Gasteiger partial charge in [0.2, 0.25) is 5.91 Å². The lowest BCUT2D eigenvalue weighted by Gasteiger charge is -2.38. The Hall–Kier alpha value is -2.89. The summed E-state index contributed by atoms with van der Waals surface area (Å²) < 4.78 is 19.6. The summed E-state index contributed by atoms with van der Waals surface area (Å²) in [6.07, 6.45) is 0.686. The summed E-state index contributed by atoms with van der Waals surface area (Å²) in [7, 11) is 0. The van der Waals surface area contributed by atoms with Gasteiger partial charge < -0.3 is 14.7 Å². The van der Waals surface area contributed by atoms with Crippen molar-refractivity contribution in [3.8, 4) is 5.75 Å². The fraction of sp³-hybridized carbons (Fsp3) is 0.208. The number of carbonyl (C=O) groups excluding carboxylic acids is 1. The van der Waals surface area contributed by atoms with Crippen LogP contribution in [-0.2, 0) is 22.6 Å². The number of phenolic OH excluding ortho intramolecular Hbond substituents is 1. The maximum atomic E-state index is 14.0. The zero-order chi connectivity index (χ0) is 21.1. The average Bonchev–Trinajstić information content (AvgIpc) is 2.76. The zero-order valence-corrected chi connectivity index (χ0v) is 17.0. The number of aromatic hydroxyl groups is 1. The molecule has 0 spiro atoms. The van der Waals surface area contributed by atoms with Crippen molar-refractivity contribution in [1.82, 2.24) is 4.90 Å². The van der Waals surface area contributed by atoms with Crippen LogP contribution in [0.15, 0.2) is 66.7 Å². The molecule has 0 bridgehead atoms. The molecule has 1 atom stereocenters. The van der Waals surface area contributed by atoms with Gasteiger partial charge in [-0.05, 0) is 53.4 Å². The number of amides is 1. The Bertz CT molecular complexity index is 1050. The molecule has 4 nitrogen and oxygen atoms in total. The van der Waals surface area contributed by atoms with E-state index in [-0.39, 0.29) is 24.9 Å². The Labute approximate surface area is 179 Å². The predicted octanol–water partition coefficient (Wildman–Crippen LogP) is 4.88. The molecule has 0 fully saturated rings. The number of halogens is 2. The van der Waals surface area contributed by atoms with Crippen LogP contribution in [0.1, 0.15) is 28.3 Å². The summed E-state index contributed by atoms with van der Waals surface area (Å²) in [5.74, 6) is -0.720. The van der Waals surface area contributed by atoms with E-state index in [2.05, 4.69) is 0 Å². The Balaban J connectivity index is 1.57. The van der Waals surface area contributed by atoms with Gasteiger partial charge in [0.1, 0.15) is 18.2 Å².